The number of hydrogen-bond acceptors (Lipinski definition) is 2. The molecule has 2 N–H and O–H groups in total. The first-order valence-corrected chi connectivity index (χ1v) is 4.62. The lowest BCUT2D eigenvalue weighted by molar-refractivity contribution is 1.24. The van der Waals surface area contributed by atoms with E-state index in [2.05, 4.69) is 5.32 Å². The van der Waals surface area contributed by atoms with Crippen LogP contribution in [-0.2, 0) is 0 Å². The van der Waals surface area contributed by atoms with E-state index in [1.807, 2.05) is 32.2 Å². The van der Waals surface area contributed by atoms with Crippen LogP contribution in [0, 0.1) is 5.41 Å². The lowest BCUT2D eigenvalue weighted by Gasteiger charge is -2.10. The first kappa shape index (κ1) is 10.1. The van der Waals surface area contributed by atoms with Crippen molar-refractivity contribution >= 4 is 23.0 Å². The highest BCUT2D eigenvalue weighted by molar-refractivity contribution is 6.34. The number of nitrogens with one attached hydrogen (secondary N) is 2. The first-order valence-electron chi connectivity index (χ1n) is 4.24. The molecule has 13 heavy (non-hydrogen) atoms. The summed E-state index contributed by atoms with van der Waals surface area (Å²) in [5.41, 5.74) is 2.33. The molecule has 0 saturated heterocycles. The minimum Gasteiger partial charge on any atom is -0.386 e. The molecule has 2 nitrogen and oxygen atoms in total. The summed E-state index contributed by atoms with van der Waals surface area (Å²) < 4.78 is 0. The number of hydrogen-bond donors (Lipinski definition) is 2. The van der Waals surface area contributed by atoms with Crippen LogP contribution in [-0.4, -0.2) is 12.8 Å². The van der Waals surface area contributed by atoms with Crippen LogP contribution in [0.3, 0.4) is 0 Å². The molecule has 0 bridgehead atoms. The molecule has 0 radical (unpaired) electrons. The monoisotopic (exact) mass is 196 g/mol. The zero-order valence-corrected chi connectivity index (χ0v) is 8.57. The predicted octanol–water partition coefficient (Wildman–Crippen LogP) is 3.16. The summed E-state index contributed by atoms with van der Waals surface area (Å²) in [5, 5.41) is 11.4. The van der Waals surface area contributed by atoms with E-state index in [1.165, 1.54) is 0 Å². The Balaban J connectivity index is 3.20. The maximum absolute atomic E-state index is 7.72. The Hall–Kier alpha value is -1.02. The normalized spacial score (nSPS) is 9.77. The maximum atomic E-state index is 7.72. The second kappa shape index (κ2) is 4.28. The second-order valence-electron chi connectivity index (χ2n) is 2.74. The van der Waals surface area contributed by atoms with Gasteiger partial charge >= 0.3 is 0 Å². The average molecular weight is 197 g/mol. The molecular weight excluding hydrogens is 184 g/mol. The van der Waals surface area contributed by atoms with Crippen molar-refractivity contribution in [1.29, 1.82) is 5.41 Å². The minimum absolute atomic E-state index is 0.604. The third-order valence-electron chi connectivity index (χ3n) is 1.94. The molecule has 70 valence electrons. The average Bonchev–Trinajstić information content (AvgIpc) is 2.16. The Labute approximate surface area is 83.4 Å². The van der Waals surface area contributed by atoms with Gasteiger partial charge in [0.05, 0.1) is 10.7 Å². The topological polar surface area (TPSA) is 35.9 Å². The Morgan fingerprint density at radius 2 is 2.23 bits per heavy atom. The number of halogens is 1. The van der Waals surface area contributed by atoms with Crippen molar-refractivity contribution < 1.29 is 0 Å². The SMILES string of the molecule is CCC(=N)c1cccc(Cl)c1NC. The van der Waals surface area contributed by atoms with Crippen LogP contribution in [0.2, 0.25) is 5.02 Å². The molecule has 0 atom stereocenters. The van der Waals surface area contributed by atoms with Crippen LogP contribution in [0.5, 0.6) is 0 Å². The zero-order valence-electron chi connectivity index (χ0n) is 7.82. The molecule has 0 spiro atoms. The Morgan fingerprint density at radius 1 is 1.54 bits per heavy atom. The van der Waals surface area contributed by atoms with Gasteiger partial charge in [-0.3, -0.25) is 0 Å². The van der Waals surface area contributed by atoms with E-state index in [-0.39, 0.29) is 0 Å². The van der Waals surface area contributed by atoms with Gasteiger partial charge in [0.2, 0.25) is 0 Å². The van der Waals surface area contributed by atoms with Crippen molar-refractivity contribution in [3.8, 4) is 0 Å². The summed E-state index contributed by atoms with van der Waals surface area (Å²) in [6, 6.07) is 5.59. The molecule has 0 fully saturated rings. The molecule has 3 heteroatoms. The van der Waals surface area contributed by atoms with E-state index in [0.29, 0.717) is 10.7 Å². The molecule has 0 heterocycles. The van der Waals surface area contributed by atoms with Gasteiger partial charge in [-0.25, -0.2) is 0 Å². The van der Waals surface area contributed by atoms with Crippen molar-refractivity contribution in [2.24, 2.45) is 0 Å². The van der Waals surface area contributed by atoms with Crippen molar-refractivity contribution in [2.75, 3.05) is 12.4 Å². The lowest BCUT2D eigenvalue weighted by atomic mass is 10.1. The van der Waals surface area contributed by atoms with Gasteiger partial charge in [0.25, 0.3) is 0 Å². The summed E-state index contributed by atoms with van der Waals surface area (Å²) in [4.78, 5) is 0. The molecule has 0 aliphatic carbocycles. The van der Waals surface area contributed by atoms with E-state index < -0.39 is 0 Å². The lowest BCUT2D eigenvalue weighted by Crippen LogP contribution is -2.02. The fourth-order valence-corrected chi connectivity index (χ4v) is 1.49. The van der Waals surface area contributed by atoms with Crippen LogP contribution < -0.4 is 5.32 Å². The second-order valence-corrected chi connectivity index (χ2v) is 3.15. The summed E-state index contributed by atoms with van der Waals surface area (Å²) >= 11 is 5.97. The molecule has 1 rings (SSSR count). The number of rotatable bonds is 3. The summed E-state index contributed by atoms with van der Waals surface area (Å²) in [5.74, 6) is 0. The fraction of sp³-hybridized carbons (Fsp3) is 0.300. The van der Waals surface area contributed by atoms with Crippen LogP contribution in [0.1, 0.15) is 18.9 Å². The Kier molecular flexibility index (Phi) is 3.32. The van der Waals surface area contributed by atoms with Gasteiger partial charge in [-0.15, -0.1) is 0 Å². The number of benzene rings is 1. The smallest absolute Gasteiger partial charge is 0.0644 e. The highest BCUT2D eigenvalue weighted by Gasteiger charge is 2.07. The fourth-order valence-electron chi connectivity index (χ4n) is 1.22. The highest BCUT2D eigenvalue weighted by atomic mass is 35.5. The van der Waals surface area contributed by atoms with Crippen LogP contribution in [0.25, 0.3) is 0 Å². The molecule has 0 unspecified atom stereocenters. The summed E-state index contributed by atoms with van der Waals surface area (Å²) in [6.07, 6.45) is 0.717. The van der Waals surface area contributed by atoms with Crippen LogP contribution in [0.4, 0.5) is 5.69 Å². The van der Waals surface area contributed by atoms with Crippen molar-refractivity contribution in [2.45, 2.75) is 13.3 Å². The maximum Gasteiger partial charge on any atom is 0.0644 e. The van der Waals surface area contributed by atoms with E-state index >= 15 is 0 Å². The van der Waals surface area contributed by atoms with Crippen LogP contribution >= 0.6 is 11.6 Å². The van der Waals surface area contributed by atoms with E-state index in [4.69, 9.17) is 17.0 Å². The Morgan fingerprint density at radius 3 is 2.77 bits per heavy atom. The van der Waals surface area contributed by atoms with Crippen molar-refractivity contribution in [3.63, 3.8) is 0 Å². The molecule has 0 aromatic heterocycles. The number of anilines is 1. The molecular formula is C10H13ClN2. The largest absolute Gasteiger partial charge is 0.386 e. The van der Waals surface area contributed by atoms with Gasteiger partial charge in [0, 0.05) is 18.3 Å². The molecule has 1 aromatic carbocycles. The minimum atomic E-state index is 0.604. The van der Waals surface area contributed by atoms with Crippen molar-refractivity contribution in [1.82, 2.24) is 0 Å². The zero-order chi connectivity index (χ0) is 9.84. The third-order valence-corrected chi connectivity index (χ3v) is 2.26. The summed E-state index contributed by atoms with van der Waals surface area (Å²) in [7, 11) is 1.81. The molecule has 0 aliphatic heterocycles. The van der Waals surface area contributed by atoms with Crippen LogP contribution in [0.15, 0.2) is 18.2 Å². The van der Waals surface area contributed by atoms with Gasteiger partial charge in [-0.05, 0) is 12.5 Å². The molecule has 0 amide bonds. The highest BCUT2D eigenvalue weighted by Crippen LogP contribution is 2.26. The number of para-hydroxylation sites is 1. The quantitative estimate of drug-likeness (QED) is 0.716. The predicted molar refractivity (Wildman–Crippen MR) is 58.1 cm³/mol. The standard InChI is InChI=1S/C10H13ClN2/c1-3-9(12)7-5-4-6-8(11)10(7)13-2/h4-6,12-13H,3H2,1-2H3. The molecule has 0 saturated carbocycles. The van der Waals surface area contributed by atoms with Crippen molar-refractivity contribution in [3.05, 3.63) is 28.8 Å². The van der Waals surface area contributed by atoms with E-state index in [9.17, 15) is 0 Å². The molecule has 0 aliphatic rings. The van der Waals surface area contributed by atoms with Gasteiger partial charge < -0.3 is 10.7 Å². The van der Waals surface area contributed by atoms with E-state index in [1.54, 1.807) is 0 Å². The third kappa shape index (κ3) is 2.01. The molecule has 1 aromatic rings. The first-order chi connectivity index (χ1) is 6.20. The van der Waals surface area contributed by atoms with Gasteiger partial charge in [-0.2, -0.15) is 0 Å². The van der Waals surface area contributed by atoms with Gasteiger partial charge in [0.1, 0.15) is 0 Å². The Bertz CT molecular complexity index is 321. The van der Waals surface area contributed by atoms with E-state index in [0.717, 1.165) is 17.7 Å². The van der Waals surface area contributed by atoms with Gasteiger partial charge in [-0.1, -0.05) is 30.7 Å². The summed E-state index contributed by atoms with van der Waals surface area (Å²) in [6.45, 7) is 1.96. The van der Waals surface area contributed by atoms with Gasteiger partial charge in [0.15, 0.2) is 0 Å².